The first kappa shape index (κ1) is 80.2. The predicted octanol–water partition coefficient (Wildman–Crippen LogP) is 25.9. The van der Waals surface area contributed by atoms with Crippen LogP contribution in [0.5, 0.6) is 11.5 Å². The molecule has 3 heterocycles. The number of nitrogens with zero attached hydrogens (tertiary/aromatic N) is 6. The molecule has 0 bridgehead atoms. The van der Waals surface area contributed by atoms with Crippen molar-refractivity contribution in [1.82, 2.24) is 29.1 Å². The van der Waals surface area contributed by atoms with Gasteiger partial charge in [0.2, 0.25) is 0 Å². The third-order valence-corrected chi connectivity index (χ3v) is 21.1. The van der Waals surface area contributed by atoms with E-state index < -0.39 is 0 Å². The van der Waals surface area contributed by atoms with Gasteiger partial charge in [0.15, 0.2) is 0 Å². The number of hydrogen-bond acceptors (Lipinski definition) is 6. The largest absolute Gasteiger partial charge is 0.507 e. The second-order valence-corrected chi connectivity index (χ2v) is 37.6. The Hall–Kier alpha value is -8.80. The Balaban J connectivity index is 0.00000580. The van der Waals surface area contributed by atoms with E-state index in [0.717, 1.165) is 122 Å². The van der Waals surface area contributed by atoms with Crippen LogP contribution in [0.2, 0.25) is 0 Å². The summed E-state index contributed by atoms with van der Waals surface area (Å²) >= 11 is 0. The summed E-state index contributed by atoms with van der Waals surface area (Å²) in [6.45, 7) is 53.4. The van der Waals surface area contributed by atoms with E-state index in [1.54, 1.807) is 6.33 Å². The summed E-state index contributed by atoms with van der Waals surface area (Å²) in [6.07, 6.45) is 1.67. The zero-order chi connectivity index (χ0) is 76.5. The van der Waals surface area contributed by atoms with Crippen LogP contribution in [0.1, 0.15) is 211 Å². The van der Waals surface area contributed by atoms with E-state index in [9.17, 15) is 10.2 Å². The van der Waals surface area contributed by atoms with Crippen molar-refractivity contribution in [3.05, 3.63) is 251 Å². The van der Waals surface area contributed by atoms with E-state index in [-0.39, 0.29) is 96.9 Å². The number of phenolic OH excluding ortho intramolecular Hbond substituents is 2. The van der Waals surface area contributed by atoms with Crippen LogP contribution in [-0.4, -0.2) is 39.3 Å². The normalized spacial score (nSPS) is 12.7. The number of para-hydroxylation sites is 2. The van der Waals surface area contributed by atoms with E-state index in [1.165, 1.54) is 11.1 Å². The number of imidazole rings is 2. The van der Waals surface area contributed by atoms with Crippen molar-refractivity contribution in [3.63, 3.8) is 0 Å². The molecule has 0 spiro atoms. The molecule has 0 saturated heterocycles. The van der Waals surface area contributed by atoms with Gasteiger partial charge in [-0.15, -0.1) is 58.7 Å². The zero-order valence-electron chi connectivity index (χ0n) is 67.7. The standard InChI is InChI=1S/C98H106N6O2.2Pt/c1-91(2,3)65-41-43-81(73(51-65)59-33-27-25-28-34-59)103-83-39-31-37-71(85(83)101-89(103)75-53-69(95(13,14)15)55-77(87(75)105)97(19,20)21)61-45-63(49-67(47-61)93(7,8)9)79-57-80(100-58-99-79)64-46-62(48-68(50-64)94(10,11)12)72-38-32-40-84-86(72)102-90(76-54-70(96(16,17)18)56-78(88(76)106)98(22,23)24)104(84)82-44-42-66(92(4,5)6)52-74(82)60-35-29-26-30-36-60;;/h25-44,47-58,105-106H,1-24H3;;/q-2;;. The van der Waals surface area contributed by atoms with Crippen LogP contribution < -0.4 is 0 Å². The van der Waals surface area contributed by atoms with E-state index in [2.05, 4.69) is 375 Å². The minimum absolute atomic E-state index is 0. The van der Waals surface area contributed by atoms with Gasteiger partial charge in [0.05, 0.1) is 50.9 Å². The van der Waals surface area contributed by atoms with Crippen LogP contribution in [0.15, 0.2) is 194 Å². The van der Waals surface area contributed by atoms with Crippen LogP contribution in [0.4, 0.5) is 0 Å². The summed E-state index contributed by atoms with van der Waals surface area (Å²) in [7, 11) is 0. The maximum absolute atomic E-state index is 12.9. The Labute approximate surface area is 671 Å². The fourth-order valence-corrected chi connectivity index (χ4v) is 14.4. The van der Waals surface area contributed by atoms with Gasteiger partial charge < -0.3 is 10.2 Å². The Morgan fingerprint density at radius 2 is 0.602 bits per heavy atom. The van der Waals surface area contributed by atoms with E-state index >= 15 is 0 Å². The summed E-state index contributed by atoms with van der Waals surface area (Å²) in [5.74, 6) is 1.73. The number of hydrogen-bond donors (Lipinski definition) is 2. The zero-order valence-corrected chi connectivity index (χ0v) is 72.2. The molecule has 0 aliphatic heterocycles. The molecule has 10 heteroatoms. The Morgan fingerprint density at radius 3 is 0.926 bits per heavy atom. The molecule has 0 radical (unpaired) electrons. The topological polar surface area (TPSA) is 102 Å². The molecule has 8 nitrogen and oxygen atoms in total. The molecule has 0 fully saturated rings. The Morgan fingerprint density at radius 1 is 0.287 bits per heavy atom. The molecular weight excluding hydrogens is 1680 g/mol. The van der Waals surface area contributed by atoms with Crippen molar-refractivity contribution >= 4 is 22.1 Å². The minimum Gasteiger partial charge on any atom is -0.507 e. The Bertz CT molecular complexity index is 5220. The molecule has 0 atom stereocenters. The summed E-state index contributed by atoms with van der Waals surface area (Å²) in [5.41, 5.74) is 23.9. The van der Waals surface area contributed by atoms with Gasteiger partial charge >= 0.3 is 0 Å². The number of aromatic nitrogens is 6. The van der Waals surface area contributed by atoms with Crippen molar-refractivity contribution in [2.75, 3.05) is 0 Å². The third kappa shape index (κ3) is 15.7. The number of aromatic hydroxyl groups is 2. The van der Waals surface area contributed by atoms with Gasteiger partial charge in [-0.2, -0.15) is 0 Å². The molecule has 0 unspecified atom stereocenters. The first-order valence-corrected chi connectivity index (χ1v) is 37.6. The number of rotatable bonds is 10. The maximum Gasteiger partial charge on any atom is 0.148 e. The number of fused-ring (bicyclic) bond motifs is 2. The molecule has 3 aromatic heterocycles. The van der Waals surface area contributed by atoms with Crippen LogP contribution in [-0.2, 0) is 85.5 Å². The fraction of sp³-hybridized carbons (Fsp3) is 0.327. The molecular formula is C98H106N6O2Pt2-2. The molecule has 108 heavy (non-hydrogen) atoms. The van der Waals surface area contributed by atoms with Gasteiger partial charge in [-0.3, -0.25) is 19.1 Å². The molecule has 13 aromatic rings. The molecule has 10 aromatic carbocycles. The predicted molar refractivity (Wildman–Crippen MR) is 445 cm³/mol. The number of benzene rings is 10. The summed E-state index contributed by atoms with van der Waals surface area (Å²) in [6, 6.07) is 75.4. The SMILES string of the molecule is CC(C)(C)c1cc(-c2cc(-c3[c-]c(-c4cccc5c4nc(-c4cc(C(C)(C)C)cc(C(C)(C)C)c4O)n5-c4ccc(C(C)(C)C)cc4-c4ccccc4)cc(C(C)(C)C)c3)ncn2)[c-]c(-c2cccc3c2nc(-c2cc(C(C)(C)C)cc(C(C)(C)C)c2O)n3-c2ccc(C(C)(C)C)cc2-c2ccccc2)c1.[Pt].[Pt]. The van der Waals surface area contributed by atoms with Crippen molar-refractivity contribution < 1.29 is 52.3 Å². The maximum atomic E-state index is 12.9. The first-order chi connectivity index (χ1) is 49.4. The average Bonchev–Trinajstić information content (AvgIpc) is 1.57. The molecule has 0 amide bonds. The first-order valence-electron chi connectivity index (χ1n) is 37.6. The van der Waals surface area contributed by atoms with Gasteiger partial charge in [-0.1, -0.05) is 304 Å². The molecule has 562 valence electrons. The summed E-state index contributed by atoms with van der Waals surface area (Å²) < 4.78 is 4.56. The van der Waals surface area contributed by atoms with E-state index in [0.29, 0.717) is 34.2 Å². The van der Waals surface area contributed by atoms with Gasteiger partial charge in [0.25, 0.3) is 0 Å². The quantitative estimate of drug-likeness (QED) is 0.132. The van der Waals surface area contributed by atoms with E-state index in [1.807, 2.05) is 0 Å². The van der Waals surface area contributed by atoms with Crippen molar-refractivity contribution in [2.24, 2.45) is 0 Å². The molecule has 0 saturated carbocycles. The second-order valence-electron chi connectivity index (χ2n) is 37.6. The van der Waals surface area contributed by atoms with Crippen molar-refractivity contribution in [1.29, 1.82) is 0 Å². The van der Waals surface area contributed by atoms with Gasteiger partial charge in [-0.05, 0) is 125 Å². The van der Waals surface area contributed by atoms with Crippen molar-refractivity contribution in [3.8, 4) is 113 Å². The van der Waals surface area contributed by atoms with E-state index in [4.69, 9.17) is 19.9 Å². The molecule has 2 N–H and O–H groups in total. The van der Waals surface area contributed by atoms with Gasteiger partial charge in [0, 0.05) is 75.8 Å². The smallest absolute Gasteiger partial charge is 0.148 e. The third-order valence-electron chi connectivity index (χ3n) is 21.1. The summed E-state index contributed by atoms with van der Waals surface area (Å²) in [5, 5.41) is 25.8. The van der Waals surface area contributed by atoms with Crippen LogP contribution in [0.25, 0.3) is 123 Å². The molecule has 0 aliphatic carbocycles. The Kier molecular flexibility index (Phi) is 21.5. The molecule has 13 rings (SSSR count). The number of phenols is 2. The fourth-order valence-electron chi connectivity index (χ4n) is 14.4. The minimum atomic E-state index is -0.386. The average molecular weight is 1790 g/mol. The second kappa shape index (κ2) is 28.9. The van der Waals surface area contributed by atoms with Gasteiger partial charge in [-0.25, -0.2) is 9.97 Å². The van der Waals surface area contributed by atoms with Gasteiger partial charge in [0.1, 0.15) is 23.1 Å². The van der Waals surface area contributed by atoms with Crippen molar-refractivity contribution in [2.45, 2.75) is 209 Å². The van der Waals surface area contributed by atoms with Crippen LogP contribution >= 0.6 is 0 Å². The monoisotopic (exact) mass is 1790 g/mol. The summed E-state index contributed by atoms with van der Waals surface area (Å²) in [4.78, 5) is 21.8. The van der Waals surface area contributed by atoms with Crippen LogP contribution in [0, 0.1) is 12.1 Å². The molecule has 0 aliphatic rings. The van der Waals surface area contributed by atoms with Crippen LogP contribution in [0.3, 0.4) is 0 Å².